The van der Waals surface area contributed by atoms with E-state index in [1.54, 1.807) is 0 Å². The molecule has 4 aromatic carbocycles. The molecular formula is C41H30O27. The molecule has 0 radical (unpaired) electrons. The molecule has 7 atom stereocenters. The van der Waals surface area contributed by atoms with Crippen molar-refractivity contribution >= 4 is 35.6 Å². The SMILES string of the molecule is O=C1O[C@H]2[C@H](OC(=O)c3cc(O)c(O)c(O)c3)O[C@H](COC(=O)c3cc(O)c(O)c(O)c3)[C@@H](OC(=O)c3cc(O)c(O)c4c3[C@H]3C1=CC(=O)C(O)(O)[C@]3(O)O4)[C@@H]2OC(=O)c1cc(O)c(O)c(O)c1. The molecule has 4 aliphatic rings. The van der Waals surface area contributed by atoms with Gasteiger partial charge in [-0.1, -0.05) is 0 Å². The molecule has 27 nitrogen and oxygen atoms in total. The van der Waals surface area contributed by atoms with Gasteiger partial charge in [0.25, 0.3) is 11.6 Å². The molecule has 1 saturated heterocycles. The molecule has 3 aliphatic heterocycles. The van der Waals surface area contributed by atoms with E-state index < -0.39 is 193 Å². The molecule has 0 spiro atoms. The van der Waals surface area contributed by atoms with Crippen molar-refractivity contribution in [3.63, 3.8) is 0 Å². The number of carbonyl (C=O) groups is 6. The van der Waals surface area contributed by atoms with E-state index in [0.29, 0.717) is 42.5 Å². The molecule has 0 unspecified atom stereocenters. The van der Waals surface area contributed by atoms with E-state index in [2.05, 4.69) is 0 Å². The summed E-state index contributed by atoms with van der Waals surface area (Å²) in [5.41, 5.74) is -5.33. The average Bonchev–Trinajstić information content (AvgIpc) is 3.60. The molecule has 1 fully saturated rings. The topological polar surface area (TPSA) is 450 Å². The third kappa shape index (κ3) is 7.18. The number of carbonyl (C=O) groups excluding carboxylic acids is 6. The highest BCUT2D eigenvalue weighted by Gasteiger charge is 2.70. The zero-order valence-corrected chi connectivity index (χ0v) is 33.4. The standard InChI is InChI=1S/C41H30O27/c42-15-1-10(2-16(43)26(15)50)34(54)62-9-22-30-32(65-35(55)11-3-17(44)27(51)18(45)4-11)33(39(63-22)67-36(56)12-5-19(46)28(52)20(47)6-12)66-38(58)14-8-23(49)40(59,60)41(61)25(14)24-13(37(57)64-30)7-21(48)29(53)31(24)68-41/h1-8,22,25,30,32-33,39,42-48,50-53,59-61H,9H2/t22-,25-,30-,32+,33-,39+,41-/m1/s1. The number of esters is 5. The van der Waals surface area contributed by atoms with Gasteiger partial charge in [0.1, 0.15) is 12.7 Å². The lowest BCUT2D eigenvalue weighted by Crippen LogP contribution is -2.66. The quantitative estimate of drug-likeness (QED) is 0.0453. The normalized spacial score (nSPS) is 24.5. The van der Waals surface area contributed by atoms with Crippen LogP contribution in [0.15, 0.2) is 54.1 Å². The summed E-state index contributed by atoms with van der Waals surface area (Å²) in [6, 6.07) is 3.86. The van der Waals surface area contributed by atoms with Gasteiger partial charge in [0, 0.05) is 5.56 Å². The Kier molecular flexibility index (Phi) is 10.7. The largest absolute Gasteiger partial charge is 0.504 e. The van der Waals surface area contributed by atoms with Gasteiger partial charge in [-0.15, -0.1) is 0 Å². The first-order valence-corrected chi connectivity index (χ1v) is 19.0. The Balaban J connectivity index is 1.32. The Morgan fingerprint density at radius 3 is 1.54 bits per heavy atom. The van der Waals surface area contributed by atoms with Crippen LogP contribution in [0.4, 0.5) is 0 Å². The fourth-order valence-electron chi connectivity index (χ4n) is 7.60. The van der Waals surface area contributed by atoms with Crippen LogP contribution in [0, 0.1) is 0 Å². The minimum atomic E-state index is -4.03. The number of phenolic OH excluding ortho intramolecular Hbond substituents is 11. The van der Waals surface area contributed by atoms with Crippen LogP contribution in [0.25, 0.3) is 0 Å². The lowest BCUT2D eigenvalue weighted by molar-refractivity contribution is -0.323. The molecule has 8 rings (SSSR count). The van der Waals surface area contributed by atoms with Gasteiger partial charge >= 0.3 is 29.8 Å². The lowest BCUT2D eigenvalue weighted by atomic mass is 9.74. The molecule has 68 heavy (non-hydrogen) atoms. The molecule has 0 aromatic heterocycles. The van der Waals surface area contributed by atoms with Crippen LogP contribution in [0.3, 0.4) is 0 Å². The summed E-state index contributed by atoms with van der Waals surface area (Å²) >= 11 is 0. The first-order chi connectivity index (χ1) is 31.8. The summed E-state index contributed by atoms with van der Waals surface area (Å²) < 4.78 is 38.8. The molecule has 14 N–H and O–H groups in total. The van der Waals surface area contributed by atoms with Crippen LogP contribution in [-0.2, 0) is 38.0 Å². The minimum Gasteiger partial charge on any atom is -0.504 e. The van der Waals surface area contributed by atoms with Crippen LogP contribution in [0.2, 0.25) is 0 Å². The monoisotopic (exact) mass is 954 g/mol. The summed E-state index contributed by atoms with van der Waals surface area (Å²) in [7, 11) is 0. The second-order valence-corrected chi connectivity index (χ2v) is 15.1. The molecule has 2 bridgehead atoms. The zero-order valence-electron chi connectivity index (χ0n) is 33.4. The number of aromatic hydroxyl groups is 11. The number of benzene rings is 4. The van der Waals surface area contributed by atoms with E-state index in [0.717, 1.165) is 0 Å². The van der Waals surface area contributed by atoms with Crippen LogP contribution in [-0.4, -0.2) is 156 Å². The maximum Gasteiger partial charge on any atom is 0.340 e. The van der Waals surface area contributed by atoms with Crippen LogP contribution < -0.4 is 4.74 Å². The third-order valence-corrected chi connectivity index (χ3v) is 10.9. The van der Waals surface area contributed by atoms with Crippen molar-refractivity contribution in [1.29, 1.82) is 0 Å². The van der Waals surface area contributed by atoms with Gasteiger partial charge in [-0.05, 0) is 48.5 Å². The Bertz CT molecular complexity index is 2870. The van der Waals surface area contributed by atoms with E-state index in [-0.39, 0.29) is 6.08 Å². The van der Waals surface area contributed by atoms with Crippen molar-refractivity contribution in [2.45, 2.75) is 48.2 Å². The van der Waals surface area contributed by atoms with Crippen molar-refractivity contribution in [2.75, 3.05) is 6.61 Å². The van der Waals surface area contributed by atoms with Crippen molar-refractivity contribution in [3.8, 4) is 69.0 Å². The lowest BCUT2D eigenvalue weighted by Gasteiger charge is -2.44. The van der Waals surface area contributed by atoms with Crippen LogP contribution >= 0.6 is 0 Å². The van der Waals surface area contributed by atoms with Gasteiger partial charge in [0.15, 0.2) is 75.5 Å². The Labute approximate surface area is 374 Å². The summed E-state index contributed by atoms with van der Waals surface area (Å²) in [6.45, 7) is -1.26. The number of phenols is 11. The molecule has 0 saturated carbocycles. The predicted octanol–water partition coefficient (Wildman–Crippen LogP) is -1.08. The van der Waals surface area contributed by atoms with Crippen molar-refractivity contribution in [1.82, 2.24) is 0 Å². The Morgan fingerprint density at radius 2 is 1.03 bits per heavy atom. The van der Waals surface area contributed by atoms with Gasteiger partial charge < -0.3 is 105 Å². The van der Waals surface area contributed by atoms with E-state index >= 15 is 0 Å². The molecule has 1 aliphatic carbocycles. The third-order valence-electron chi connectivity index (χ3n) is 10.9. The number of aliphatic hydroxyl groups is 3. The average molecular weight is 955 g/mol. The highest BCUT2D eigenvalue weighted by Crippen LogP contribution is 2.60. The van der Waals surface area contributed by atoms with Crippen LogP contribution in [0.1, 0.15) is 52.9 Å². The van der Waals surface area contributed by atoms with Crippen molar-refractivity contribution in [3.05, 3.63) is 81.9 Å². The molecule has 0 amide bonds. The van der Waals surface area contributed by atoms with E-state index in [9.17, 15) is 100 Å². The van der Waals surface area contributed by atoms with E-state index in [1.165, 1.54) is 0 Å². The molecule has 3 heterocycles. The summed E-state index contributed by atoms with van der Waals surface area (Å²) in [5.74, 6) is -34.1. The summed E-state index contributed by atoms with van der Waals surface area (Å²) in [5, 5.41) is 145. The van der Waals surface area contributed by atoms with Gasteiger partial charge in [-0.2, -0.15) is 0 Å². The van der Waals surface area contributed by atoms with Gasteiger partial charge in [-0.3, -0.25) is 4.79 Å². The number of fused-ring (bicyclic) bond motifs is 2. The first kappa shape index (κ1) is 45.6. The van der Waals surface area contributed by atoms with Gasteiger partial charge in [0.05, 0.1) is 33.7 Å². The summed E-state index contributed by atoms with van der Waals surface area (Å²) in [6.07, 6.45) is -12.1. The maximum atomic E-state index is 14.5. The van der Waals surface area contributed by atoms with Gasteiger partial charge in [-0.25, -0.2) is 24.0 Å². The summed E-state index contributed by atoms with van der Waals surface area (Å²) in [4.78, 5) is 83.3. The van der Waals surface area contributed by atoms with Crippen LogP contribution in [0.5, 0.6) is 69.0 Å². The highest BCUT2D eigenvalue weighted by atomic mass is 16.8. The van der Waals surface area contributed by atoms with Crippen molar-refractivity contribution < 1.29 is 133 Å². The van der Waals surface area contributed by atoms with Crippen molar-refractivity contribution in [2.24, 2.45) is 0 Å². The Morgan fingerprint density at radius 1 is 0.574 bits per heavy atom. The second-order valence-electron chi connectivity index (χ2n) is 15.1. The molecular weight excluding hydrogens is 924 g/mol. The number of hydrogen-bond acceptors (Lipinski definition) is 27. The second kappa shape index (κ2) is 15.9. The van der Waals surface area contributed by atoms with Gasteiger partial charge in [0.2, 0.25) is 23.9 Å². The Hall–Kier alpha value is -8.92. The smallest absolute Gasteiger partial charge is 0.340 e. The number of ether oxygens (including phenoxy) is 7. The minimum absolute atomic E-state index is 0.186. The van der Waals surface area contributed by atoms with E-state index in [1.807, 2.05) is 0 Å². The maximum absolute atomic E-state index is 14.5. The highest BCUT2D eigenvalue weighted by molar-refractivity contribution is 6.08. The molecule has 356 valence electrons. The fraction of sp³-hybridized carbons (Fsp3) is 0.220. The number of hydrogen-bond donors (Lipinski definition) is 14. The number of rotatable bonds is 7. The van der Waals surface area contributed by atoms with E-state index in [4.69, 9.17) is 33.2 Å². The fourth-order valence-corrected chi connectivity index (χ4v) is 7.60. The number of ketones is 1. The zero-order chi connectivity index (χ0) is 49.6. The molecule has 27 heteroatoms. The first-order valence-electron chi connectivity index (χ1n) is 19.0. The predicted molar refractivity (Wildman–Crippen MR) is 205 cm³/mol. The molecule has 4 aromatic rings.